The predicted octanol–water partition coefficient (Wildman–Crippen LogP) is -0.153. The largest absolute Gasteiger partial charge is 0.467 e. The topological polar surface area (TPSA) is 66.8 Å². The van der Waals surface area contributed by atoms with E-state index in [4.69, 9.17) is 10.2 Å². The number of esters is 1. The fraction of sp³-hybridized carbons (Fsp3) is 0.625. The first-order chi connectivity index (χ1) is 5.63. The molecule has 0 aliphatic heterocycles. The number of carbonyl (C=O) groups excluding carboxylic acids is 1. The van der Waals surface area contributed by atoms with Gasteiger partial charge in [0.2, 0.25) is 0 Å². The molecule has 0 aromatic heterocycles. The SMILES string of the molecule is C=CCC[C@@H](O)[C@H](O)C(=O)OC. The van der Waals surface area contributed by atoms with E-state index in [0.29, 0.717) is 12.8 Å². The molecule has 0 aromatic carbocycles. The van der Waals surface area contributed by atoms with Gasteiger partial charge in [-0.15, -0.1) is 6.58 Å². The van der Waals surface area contributed by atoms with Crippen molar-refractivity contribution < 1.29 is 19.7 Å². The van der Waals surface area contributed by atoms with Crippen molar-refractivity contribution in [3.05, 3.63) is 12.7 Å². The molecular formula is C8H14O4. The Balaban J connectivity index is 3.82. The zero-order valence-electron chi connectivity index (χ0n) is 7.06. The van der Waals surface area contributed by atoms with Gasteiger partial charge in [-0.05, 0) is 12.8 Å². The lowest BCUT2D eigenvalue weighted by molar-refractivity contribution is -0.156. The molecule has 0 saturated heterocycles. The first-order valence-electron chi connectivity index (χ1n) is 3.68. The first kappa shape index (κ1) is 11.1. The summed E-state index contributed by atoms with van der Waals surface area (Å²) >= 11 is 0. The number of ether oxygens (including phenoxy) is 1. The van der Waals surface area contributed by atoms with Gasteiger partial charge >= 0.3 is 5.97 Å². The van der Waals surface area contributed by atoms with E-state index in [1.165, 1.54) is 0 Å². The van der Waals surface area contributed by atoms with Gasteiger partial charge in [-0.25, -0.2) is 4.79 Å². The fourth-order valence-electron chi connectivity index (χ4n) is 0.724. The molecule has 0 aliphatic carbocycles. The molecule has 0 fully saturated rings. The number of carbonyl (C=O) groups is 1. The van der Waals surface area contributed by atoms with Gasteiger partial charge < -0.3 is 14.9 Å². The minimum Gasteiger partial charge on any atom is -0.467 e. The highest BCUT2D eigenvalue weighted by molar-refractivity contribution is 5.74. The van der Waals surface area contributed by atoms with Crippen LogP contribution in [0.4, 0.5) is 0 Å². The normalized spacial score (nSPS) is 14.9. The van der Waals surface area contributed by atoms with Crippen molar-refractivity contribution in [3.63, 3.8) is 0 Å². The van der Waals surface area contributed by atoms with Crippen molar-refractivity contribution in [1.82, 2.24) is 0 Å². The van der Waals surface area contributed by atoms with Crippen LogP contribution in [-0.4, -0.2) is 35.5 Å². The van der Waals surface area contributed by atoms with Crippen LogP contribution in [0.3, 0.4) is 0 Å². The van der Waals surface area contributed by atoms with Gasteiger partial charge in [0.15, 0.2) is 6.10 Å². The lowest BCUT2D eigenvalue weighted by atomic mass is 10.1. The van der Waals surface area contributed by atoms with Crippen LogP contribution < -0.4 is 0 Å². The van der Waals surface area contributed by atoms with E-state index >= 15 is 0 Å². The van der Waals surface area contributed by atoms with Gasteiger partial charge in [0.05, 0.1) is 13.2 Å². The molecule has 0 heterocycles. The molecule has 0 radical (unpaired) electrons. The van der Waals surface area contributed by atoms with Gasteiger partial charge in [0.1, 0.15) is 0 Å². The Kier molecular flexibility index (Phi) is 5.32. The molecule has 0 aliphatic rings. The van der Waals surface area contributed by atoms with E-state index in [2.05, 4.69) is 11.3 Å². The van der Waals surface area contributed by atoms with Gasteiger partial charge in [-0.3, -0.25) is 0 Å². The summed E-state index contributed by atoms with van der Waals surface area (Å²) in [5.41, 5.74) is 0. The maximum Gasteiger partial charge on any atom is 0.337 e. The Morgan fingerprint density at radius 2 is 2.25 bits per heavy atom. The van der Waals surface area contributed by atoms with Crippen LogP contribution in [0.5, 0.6) is 0 Å². The van der Waals surface area contributed by atoms with E-state index in [1.54, 1.807) is 6.08 Å². The van der Waals surface area contributed by atoms with E-state index in [-0.39, 0.29) is 0 Å². The molecule has 0 spiro atoms. The zero-order valence-corrected chi connectivity index (χ0v) is 7.06. The van der Waals surface area contributed by atoms with Crippen molar-refractivity contribution >= 4 is 5.97 Å². The van der Waals surface area contributed by atoms with E-state index in [9.17, 15) is 4.79 Å². The van der Waals surface area contributed by atoms with Gasteiger partial charge in [0, 0.05) is 0 Å². The van der Waals surface area contributed by atoms with Gasteiger partial charge in [-0.2, -0.15) is 0 Å². The minimum atomic E-state index is -1.45. The van der Waals surface area contributed by atoms with Gasteiger partial charge in [-0.1, -0.05) is 6.08 Å². The van der Waals surface area contributed by atoms with Crippen LogP contribution in [0.2, 0.25) is 0 Å². The highest BCUT2D eigenvalue weighted by Crippen LogP contribution is 2.04. The van der Waals surface area contributed by atoms with Gasteiger partial charge in [0.25, 0.3) is 0 Å². The fourth-order valence-corrected chi connectivity index (χ4v) is 0.724. The molecule has 0 bridgehead atoms. The molecule has 0 unspecified atom stereocenters. The molecule has 4 heteroatoms. The van der Waals surface area contributed by atoms with Crippen LogP contribution in [0.15, 0.2) is 12.7 Å². The number of allylic oxidation sites excluding steroid dienone is 1. The smallest absolute Gasteiger partial charge is 0.337 e. The van der Waals surface area contributed by atoms with Crippen LogP contribution in [0.25, 0.3) is 0 Å². The molecule has 2 atom stereocenters. The first-order valence-corrected chi connectivity index (χ1v) is 3.68. The Morgan fingerprint density at radius 3 is 2.67 bits per heavy atom. The second-order valence-electron chi connectivity index (χ2n) is 2.40. The van der Waals surface area contributed by atoms with Crippen molar-refractivity contribution in [1.29, 1.82) is 0 Å². The van der Waals surface area contributed by atoms with Crippen LogP contribution in [-0.2, 0) is 9.53 Å². The molecule has 0 aromatic rings. The highest BCUT2D eigenvalue weighted by atomic mass is 16.5. The number of hydrogen-bond acceptors (Lipinski definition) is 4. The summed E-state index contributed by atoms with van der Waals surface area (Å²) < 4.78 is 4.24. The third kappa shape index (κ3) is 3.50. The summed E-state index contributed by atoms with van der Waals surface area (Å²) in [6.45, 7) is 3.45. The number of methoxy groups -OCH3 is 1. The van der Waals surface area contributed by atoms with Crippen molar-refractivity contribution in [3.8, 4) is 0 Å². The Hall–Kier alpha value is -0.870. The minimum absolute atomic E-state index is 0.305. The number of aliphatic hydroxyl groups is 2. The predicted molar refractivity (Wildman–Crippen MR) is 43.5 cm³/mol. The van der Waals surface area contributed by atoms with Crippen molar-refractivity contribution in [2.24, 2.45) is 0 Å². The van der Waals surface area contributed by atoms with E-state index < -0.39 is 18.2 Å². The van der Waals surface area contributed by atoms with Crippen LogP contribution in [0.1, 0.15) is 12.8 Å². The molecule has 70 valence electrons. The number of hydrogen-bond donors (Lipinski definition) is 2. The zero-order chi connectivity index (χ0) is 9.56. The Labute approximate surface area is 71.5 Å². The molecule has 0 amide bonds. The van der Waals surface area contributed by atoms with Crippen LogP contribution >= 0.6 is 0 Å². The molecule has 12 heavy (non-hydrogen) atoms. The summed E-state index contributed by atoms with van der Waals surface area (Å²) in [7, 11) is 1.16. The maximum absolute atomic E-state index is 10.7. The monoisotopic (exact) mass is 174 g/mol. The highest BCUT2D eigenvalue weighted by Gasteiger charge is 2.23. The lowest BCUT2D eigenvalue weighted by Crippen LogP contribution is -2.34. The van der Waals surface area contributed by atoms with Crippen molar-refractivity contribution in [2.75, 3.05) is 7.11 Å². The van der Waals surface area contributed by atoms with Crippen molar-refractivity contribution in [2.45, 2.75) is 25.0 Å². The summed E-state index contributed by atoms with van der Waals surface area (Å²) in [6.07, 6.45) is -0.0623. The maximum atomic E-state index is 10.7. The number of aliphatic hydroxyl groups excluding tert-OH is 2. The number of rotatable bonds is 5. The molecule has 0 saturated carbocycles. The summed E-state index contributed by atoms with van der Waals surface area (Å²) in [5, 5.41) is 18.2. The average Bonchev–Trinajstić information content (AvgIpc) is 2.11. The average molecular weight is 174 g/mol. The summed E-state index contributed by atoms with van der Waals surface area (Å²) in [6, 6.07) is 0. The summed E-state index contributed by atoms with van der Waals surface area (Å²) in [5.74, 6) is -0.813. The lowest BCUT2D eigenvalue weighted by Gasteiger charge is -2.14. The summed E-state index contributed by atoms with van der Waals surface area (Å²) in [4.78, 5) is 10.7. The van der Waals surface area contributed by atoms with Crippen LogP contribution in [0, 0.1) is 0 Å². The third-order valence-electron chi connectivity index (χ3n) is 1.47. The Morgan fingerprint density at radius 1 is 1.67 bits per heavy atom. The quantitative estimate of drug-likeness (QED) is 0.449. The second-order valence-corrected chi connectivity index (χ2v) is 2.40. The molecule has 2 N–H and O–H groups in total. The second kappa shape index (κ2) is 5.74. The molecule has 4 nitrogen and oxygen atoms in total. The Bertz CT molecular complexity index is 155. The van der Waals surface area contributed by atoms with E-state index in [0.717, 1.165) is 7.11 Å². The molecular weight excluding hydrogens is 160 g/mol. The third-order valence-corrected chi connectivity index (χ3v) is 1.47. The standard InChI is InChI=1S/C8H14O4/c1-3-4-5-6(9)7(10)8(11)12-2/h3,6-7,9-10H,1,4-5H2,2H3/t6-,7+/m1/s1. The van der Waals surface area contributed by atoms with E-state index in [1.807, 2.05) is 0 Å². The molecule has 0 rings (SSSR count).